The molecule has 4 aromatic carbocycles. The fourth-order valence-corrected chi connectivity index (χ4v) is 9.92. The molecule has 416 valence electrons. The van der Waals surface area contributed by atoms with Gasteiger partial charge in [-0.25, -0.2) is 9.59 Å². The van der Waals surface area contributed by atoms with Crippen molar-refractivity contribution in [2.24, 2.45) is 0 Å². The molecule has 0 saturated carbocycles. The summed E-state index contributed by atoms with van der Waals surface area (Å²) in [5, 5.41) is 18.2. The number of carbonyl (C=O) groups excluding carboxylic acids is 2. The maximum Gasteiger partial charge on any atom is 0.338 e. The van der Waals surface area contributed by atoms with Crippen molar-refractivity contribution in [3.8, 4) is 11.1 Å². The van der Waals surface area contributed by atoms with Crippen LogP contribution in [0, 0.1) is 13.8 Å². The van der Waals surface area contributed by atoms with Crippen LogP contribution in [0.25, 0.3) is 11.1 Å². The second-order valence-electron chi connectivity index (χ2n) is 20.8. The van der Waals surface area contributed by atoms with Crippen molar-refractivity contribution in [2.45, 2.75) is 117 Å². The van der Waals surface area contributed by atoms with Crippen molar-refractivity contribution in [1.29, 1.82) is 0 Å². The van der Waals surface area contributed by atoms with Gasteiger partial charge in [-0.2, -0.15) is 0 Å². The molecule has 14 nitrogen and oxygen atoms in total. The Morgan fingerprint density at radius 1 is 0.592 bits per heavy atom. The summed E-state index contributed by atoms with van der Waals surface area (Å²) in [5.41, 5.74) is 8.98. The molecule has 2 radical (unpaired) electrons. The van der Waals surface area contributed by atoms with Gasteiger partial charge in [0.25, 0.3) is 0 Å². The number of rotatable bonds is 14. The highest BCUT2D eigenvalue weighted by atomic mass is 79.9. The van der Waals surface area contributed by atoms with Crippen LogP contribution in [-0.4, -0.2) is 169 Å². The second-order valence-corrected chi connectivity index (χ2v) is 21.8. The number of morpholine rings is 2. The van der Waals surface area contributed by atoms with Gasteiger partial charge in [0, 0.05) is 107 Å². The quantitative estimate of drug-likeness (QED) is 0.0919. The predicted molar refractivity (Wildman–Crippen MR) is 309 cm³/mol. The third-order valence-corrected chi connectivity index (χ3v) is 15.3. The van der Waals surface area contributed by atoms with Crippen LogP contribution in [0.4, 0.5) is 11.4 Å². The number of methoxy groups -OCH3 is 2. The zero-order valence-electron chi connectivity index (χ0n) is 47.1. The fourth-order valence-electron chi connectivity index (χ4n) is 9.48. The van der Waals surface area contributed by atoms with Crippen LogP contribution in [0.1, 0.15) is 110 Å². The fraction of sp³-hybridized carbons (Fsp3) is 0.567. The molecule has 0 aliphatic carbocycles. The lowest BCUT2D eigenvalue weighted by molar-refractivity contribution is -0.107. The van der Waals surface area contributed by atoms with E-state index in [0.717, 1.165) is 174 Å². The van der Waals surface area contributed by atoms with E-state index in [2.05, 4.69) is 97.9 Å². The van der Waals surface area contributed by atoms with Crippen LogP contribution in [-0.2, 0) is 41.5 Å². The molecule has 4 saturated heterocycles. The molecule has 0 aromatic heterocycles. The lowest BCUT2D eigenvalue weighted by Gasteiger charge is -2.37. The summed E-state index contributed by atoms with van der Waals surface area (Å²) in [6.45, 7) is 28.9. The van der Waals surface area contributed by atoms with Crippen LogP contribution in [0.3, 0.4) is 0 Å². The second kappa shape index (κ2) is 30.7. The molecule has 4 heterocycles. The standard InChI is InChI=1S/C27H36N2O4.C16H22BrNO3.C11H14BNO.C6H14O2/c1-4-29(24-9-13-32-14-10-24)26-18-23(17-25(20(26)2)27(30)31-3)22-7-5-21(6-8-22)19-28-11-15-33-16-12-28;1-4-18(13-5-7-21-8-6-13)15-10-12(17)9-14(11(15)2)16(19)20-3;12-11-3-1-10(2-4-11)9-13-5-7-14-8-6-13;1-5(2,7)6(3,4)8/h5-8,17-18,24H,4,9-16,19H2,1-3H3;9-10,13H,4-8H2,1-3H3;1-4H,5-9H2;7-8H,1-4H3. The Kier molecular flexibility index (Phi) is 25.2. The highest BCUT2D eigenvalue weighted by molar-refractivity contribution is 9.10. The van der Waals surface area contributed by atoms with Gasteiger partial charge in [-0.15, -0.1) is 0 Å². The van der Waals surface area contributed by atoms with Crippen molar-refractivity contribution in [3.05, 3.63) is 111 Å². The molecule has 0 bridgehead atoms. The van der Waals surface area contributed by atoms with Gasteiger partial charge in [-0.05, 0) is 139 Å². The van der Waals surface area contributed by atoms with Crippen LogP contribution < -0.4 is 15.3 Å². The monoisotopic (exact) mass is 1110 g/mol. The summed E-state index contributed by atoms with van der Waals surface area (Å²) in [5.74, 6) is -0.583. The smallest absolute Gasteiger partial charge is 0.338 e. The normalized spacial score (nSPS) is 16.9. The lowest BCUT2D eigenvalue weighted by atomic mass is 9.90. The number of halogens is 1. The predicted octanol–water partition coefficient (Wildman–Crippen LogP) is 8.68. The third-order valence-electron chi connectivity index (χ3n) is 14.9. The molecule has 4 aliphatic rings. The number of aliphatic hydroxyl groups is 2. The molecule has 0 amide bonds. The van der Waals surface area contributed by atoms with Gasteiger partial charge < -0.3 is 48.4 Å². The minimum Gasteiger partial charge on any atom is -0.465 e. The van der Waals surface area contributed by atoms with E-state index in [9.17, 15) is 9.59 Å². The lowest BCUT2D eigenvalue weighted by Crippen LogP contribution is -2.44. The van der Waals surface area contributed by atoms with Gasteiger partial charge in [0.1, 0.15) is 7.85 Å². The van der Waals surface area contributed by atoms with E-state index >= 15 is 0 Å². The number of hydrogen-bond donors (Lipinski definition) is 2. The Hall–Kier alpha value is -4.36. The molecule has 16 heteroatoms. The van der Waals surface area contributed by atoms with Crippen LogP contribution in [0.5, 0.6) is 0 Å². The number of nitrogens with zero attached hydrogens (tertiary/aromatic N) is 4. The summed E-state index contributed by atoms with van der Waals surface area (Å²) >= 11 is 3.51. The molecule has 8 rings (SSSR count). The first kappa shape index (κ1) is 62.5. The first-order valence-corrected chi connectivity index (χ1v) is 27.9. The zero-order chi connectivity index (χ0) is 55.4. The van der Waals surface area contributed by atoms with Gasteiger partial charge in [0.2, 0.25) is 0 Å². The molecule has 0 spiro atoms. The number of ether oxygens (including phenoxy) is 6. The number of benzene rings is 4. The average molecular weight is 1110 g/mol. The Morgan fingerprint density at radius 2 is 0.961 bits per heavy atom. The summed E-state index contributed by atoms with van der Waals surface area (Å²) in [4.78, 5) is 34.2. The highest BCUT2D eigenvalue weighted by Gasteiger charge is 2.32. The SMILES string of the molecule is CC(C)(O)C(C)(C)O.CCN(c1cc(-c2ccc(CN3CCOCC3)cc2)cc(C(=O)OC)c1C)C1CCOCC1.CCN(c1cc(Br)cc(C(=O)OC)c1C)C1CCOCC1.[B]c1ccc(CN2CCOCC2)cc1. The largest absolute Gasteiger partial charge is 0.465 e. The summed E-state index contributed by atoms with van der Waals surface area (Å²) in [6, 6.07) is 25.8. The maximum atomic E-state index is 12.7. The minimum atomic E-state index is -1.01. The Bertz CT molecular complexity index is 2380. The van der Waals surface area contributed by atoms with Gasteiger partial charge >= 0.3 is 11.9 Å². The van der Waals surface area contributed by atoms with Crippen molar-refractivity contribution < 1.29 is 48.2 Å². The molecular formula is C60H86BBrN4O10. The van der Waals surface area contributed by atoms with Gasteiger partial charge in [-0.3, -0.25) is 9.80 Å². The number of carbonyl (C=O) groups is 2. The Balaban J connectivity index is 0.000000211. The molecule has 2 N–H and O–H groups in total. The number of anilines is 2. The Morgan fingerprint density at radius 3 is 1.34 bits per heavy atom. The molecule has 0 unspecified atom stereocenters. The number of hydrogen-bond acceptors (Lipinski definition) is 14. The molecule has 4 aromatic rings. The van der Waals surface area contributed by atoms with Gasteiger partial charge in [-0.1, -0.05) is 69.9 Å². The van der Waals surface area contributed by atoms with Crippen LogP contribution >= 0.6 is 15.9 Å². The molecule has 0 atom stereocenters. The van der Waals surface area contributed by atoms with Crippen molar-refractivity contribution in [3.63, 3.8) is 0 Å². The van der Waals surface area contributed by atoms with E-state index in [4.69, 9.17) is 46.5 Å². The van der Waals surface area contributed by atoms with E-state index in [1.54, 1.807) is 27.7 Å². The first-order chi connectivity index (χ1) is 36.3. The van der Waals surface area contributed by atoms with Crippen LogP contribution in [0.2, 0.25) is 0 Å². The summed E-state index contributed by atoms with van der Waals surface area (Å²) in [7, 11) is 8.49. The van der Waals surface area contributed by atoms with E-state index < -0.39 is 11.2 Å². The minimum absolute atomic E-state index is 0.289. The highest BCUT2D eigenvalue weighted by Crippen LogP contribution is 2.35. The molecule has 4 fully saturated rings. The van der Waals surface area contributed by atoms with Crippen molar-refractivity contribution in [1.82, 2.24) is 9.80 Å². The van der Waals surface area contributed by atoms with E-state index in [1.807, 2.05) is 38.1 Å². The molecular weight excluding hydrogens is 1030 g/mol. The average Bonchev–Trinajstić information content (AvgIpc) is 3.42. The van der Waals surface area contributed by atoms with E-state index in [-0.39, 0.29) is 11.9 Å². The zero-order valence-corrected chi connectivity index (χ0v) is 48.7. The van der Waals surface area contributed by atoms with Crippen LogP contribution in [0.15, 0.2) is 77.3 Å². The maximum absolute atomic E-state index is 12.7. The van der Waals surface area contributed by atoms with E-state index in [1.165, 1.54) is 25.3 Å². The van der Waals surface area contributed by atoms with Crippen molar-refractivity contribution in [2.75, 3.05) is 116 Å². The third kappa shape index (κ3) is 18.7. The van der Waals surface area contributed by atoms with E-state index in [0.29, 0.717) is 23.2 Å². The Labute approximate surface area is 463 Å². The topological polar surface area (TPSA) is 143 Å². The first-order valence-electron chi connectivity index (χ1n) is 27.1. The molecule has 76 heavy (non-hydrogen) atoms. The van der Waals surface area contributed by atoms with Gasteiger partial charge in [0.15, 0.2) is 0 Å². The number of esters is 2. The van der Waals surface area contributed by atoms with Crippen molar-refractivity contribution >= 4 is 52.6 Å². The summed E-state index contributed by atoms with van der Waals surface area (Å²) in [6.07, 6.45) is 4.04. The van der Waals surface area contributed by atoms with Gasteiger partial charge in [0.05, 0.1) is 63.0 Å². The molecule has 4 aliphatic heterocycles. The summed E-state index contributed by atoms with van der Waals surface area (Å²) < 4.78 is 32.7.